The van der Waals surface area contributed by atoms with Crippen molar-refractivity contribution in [3.8, 4) is 0 Å². The van der Waals surface area contributed by atoms with E-state index in [9.17, 15) is 0 Å². The maximum absolute atomic E-state index is 3.66. The maximum Gasteiger partial charge on any atom is 0.0220 e. The molecule has 1 aliphatic heterocycles. The average molecular weight is 226 g/mol. The van der Waals surface area contributed by atoms with Crippen molar-refractivity contribution in [2.24, 2.45) is 11.3 Å². The van der Waals surface area contributed by atoms with Crippen LogP contribution in [0.1, 0.15) is 47.5 Å². The second-order valence-corrected chi connectivity index (χ2v) is 6.66. The van der Waals surface area contributed by atoms with Crippen LogP contribution in [0, 0.1) is 11.3 Å². The third-order valence-corrected chi connectivity index (χ3v) is 4.33. The van der Waals surface area contributed by atoms with Gasteiger partial charge in [-0.05, 0) is 44.7 Å². The lowest BCUT2D eigenvalue weighted by Gasteiger charge is -2.40. The predicted octanol–water partition coefficient (Wildman–Crippen LogP) is 2.74. The summed E-state index contributed by atoms with van der Waals surface area (Å²) in [5.74, 6) is 0.823. The Kier molecular flexibility index (Phi) is 4.81. The Morgan fingerprint density at radius 2 is 2.00 bits per heavy atom. The molecule has 1 fully saturated rings. The van der Waals surface area contributed by atoms with Gasteiger partial charge in [-0.2, -0.15) is 0 Å². The van der Waals surface area contributed by atoms with Gasteiger partial charge in [0.2, 0.25) is 0 Å². The van der Waals surface area contributed by atoms with Gasteiger partial charge in [-0.25, -0.2) is 0 Å². The quantitative estimate of drug-likeness (QED) is 0.796. The molecule has 1 aliphatic rings. The molecule has 1 saturated heterocycles. The highest BCUT2D eigenvalue weighted by atomic mass is 15.2. The second-order valence-electron chi connectivity index (χ2n) is 6.66. The topological polar surface area (TPSA) is 15.3 Å². The zero-order valence-corrected chi connectivity index (χ0v) is 12.0. The van der Waals surface area contributed by atoms with Crippen LogP contribution in [0.5, 0.6) is 0 Å². The van der Waals surface area contributed by atoms with Gasteiger partial charge in [0.1, 0.15) is 0 Å². The van der Waals surface area contributed by atoms with Crippen LogP contribution in [0.25, 0.3) is 0 Å². The molecular formula is C14H30N2. The summed E-state index contributed by atoms with van der Waals surface area (Å²) in [7, 11) is 2.26. The molecule has 2 heteroatoms. The van der Waals surface area contributed by atoms with E-state index in [2.05, 4.69) is 51.9 Å². The summed E-state index contributed by atoms with van der Waals surface area (Å²) in [5.41, 5.74) is 0.368. The molecule has 0 saturated carbocycles. The van der Waals surface area contributed by atoms with E-state index in [1.54, 1.807) is 0 Å². The van der Waals surface area contributed by atoms with Crippen LogP contribution in [-0.2, 0) is 0 Å². The molecule has 0 spiro atoms. The smallest absolute Gasteiger partial charge is 0.0220 e. The molecule has 0 aromatic heterocycles. The lowest BCUT2D eigenvalue weighted by atomic mass is 9.86. The van der Waals surface area contributed by atoms with Crippen molar-refractivity contribution in [1.82, 2.24) is 10.2 Å². The monoisotopic (exact) mass is 226 g/mol. The van der Waals surface area contributed by atoms with Gasteiger partial charge >= 0.3 is 0 Å². The van der Waals surface area contributed by atoms with Crippen LogP contribution >= 0.6 is 0 Å². The second kappa shape index (κ2) is 5.50. The molecule has 3 atom stereocenters. The molecule has 1 N–H and O–H groups in total. The van der Waals surface area contributed by atoms with E-state index in [-0.39, 0.29) is 0 Å². The maximum atomic E-state index is 3.66. The minimum Gasteiger partial charge on any atom is -0.312 e. The third-order valence-electron chi connectivity index (χ3n) is 4.33. The Morgan fingerprint density at radius 1 is 1.38 bits per heavy atom. The SMILES string of the molecule is CC1CCCNC1CN(C)C(C)C(C)(C)C. The van der Waals surface area contributed by atoms with E-state index in [4.69, 9.17) is 0 Å². The van der Waals surface area contributed by atoms with Crippen LogP contribution in [0.4, 0.5) is 0 Å². The van der Waals surface area contributed by atoms with Crippen LogP contribution in [0.3, 0.4) is 0 Å². The summed E-state index contributed by atoms with van der Waals surface area (Å²) in [4.78, 5) is 2.51. The molecule has 16 heavy (non-hydrogen) atoms. The first-order valence-corrected chi connectivity index (χ1v) is 6.76. The Balaban J connectivity index is 2.46. The number of likely N-dealkylation sites (N-methyl/N-ethyl adjacent to an activating group) is 1. The number of piperidine rings is 1. The third kappa shape index (κ3) is 3.74. The predicted molar refractivity (Wildman–Crippen MR) is 71.7 cm³/mol. The molecule has 1 heterocycles. The Hall–Kier alpha value is -0.0800. The molecule has 96 valence electrons. The van der Waals surface area contributed by atoms with E-state index in [1.807, 2.05) is 0 Å². The van der Waals surface area contributed by atoms with Gasteiger partial charge in [-0.1, -0.05) is 27.7 Å². The highest BCUT2D eigenvalue weighted by Gasteiger charge is 2.28. The fourth-order valence-corrected chi connectivity index (χ4v) is 2.49. The largest absolute Gasteiger partial charge is 0.312 e. The zero-order chi connectivity index (χ0) is 12.3. The highest BCUT2D eigenvalue weighted by molar-refractivity contribution is 4.84. The van der Waals surface area contributed by atoms with Gasteiger partial charge in [-0.15, -0.1) is 0 Å². The Labute approximate surface area is 102 Å². The van der Waals surface area contributed by atoms with Gasteiger partial charge in [0.05, 0.1) is 0 Å². The molecule has 3 unspecified atom stereocenters. The van der Waals surface area contributed by atoms with Gasteiger partial charge < -0.3 is 10.2 Å². The minimum atomic E-state index is 0.368. The van der Waals surface area contributed by atoms with Gasteiger partial charge in [0.15, 0.2) is 0 Å². The first-order chi connectivity index (χ1) is 7.32. The van der Waals surface area contributed by atoms with E-state index in [0.717, 1.165) is 5.92 Å². The number of nitrogens with zero attached hydrogens (tertiary/aromatic N) is 1. The first-order valence-electron chi connectivity index (χ1n) is 6.76. The molecule has 0 amide bonds. The number of hydrogen-bond acceptors (Lipinski definition) is 2. The zero-order valence-electron chi connectivity index (χ0n) is 12.0. The van der Waals surface area contributed by atoms with Crippen LogP contribution in [-0.4, -0.2) is 37.1 Å². The van der Waals surface area contributed by atoms with Gasteiger partial charge in [0, 0.05) is 18.6 Å². The van der Waals surface area contributed by atoms with E-state index in [0.29, 0.717) is 17.5 Å². The molecular weight excluding hydrogens is 196 g/mol. The number of rotatable bonds is 3. The lowest BCUT2D eigenvalue weighted by molar-refractivity contribution is 0.112. The Morgan fingerprint density at radius 3 is 2.50 bits per heavy atom. The minimum absolute atomic E-state index is 0.368. The molecule has 0 radical (unpaired) electrons. The van der Waals surface area contributed by atoms with Crippen LogP contribution < -0.4 is 5.32 Å². The number of nitrogens with one attached hydrogen (secondary N) is 1. The van der Waals surface area contributed by atoms with Crippen LogP contribution in [0.15, 0.2) is 0 Å². The van der Waals surface area contributed by atoms with E-state index in [1.165, 1.54) is 25.9 Å². The standard InChI is InChI=1S/C14H30N2/c1-11-8-7-9-15-13(11)10-16(6)12(2)14(3,4)5/h11-13,15H,7-10H2,1-6H3. The molecule has 1 rings (SSSR count). The van der Waals surface area contributed by atoms with E-state index >= 15 is 0 Å². The summed E-state index contributed by atoms with van der Waals surface area (Å²) in [6.45, 7) is 14.1. The average Bonchev–Trinajstić information content (AvgIpc) is 2.19. The lowest BCUT2D eigenvalue weighted by Crippen LogP contribution is -2.51. The number of hydrogen-bond donors (Lipinski definition) is 1. The first kappa shape index (κ1) is 14.0. The summed E-state index contributed by atoms with van der Waals surface area (Å²) < 4.78 is 0. The van der Waals surface area contributed by atoms with Crippen molar-refractivity contribution in [3.63, 3.8) is 0 Å². The molecule has 0 bridgehead atoms. The fourth-order valence-electron chi connectivity index (χ4n) is 2.49. The summed E-state index contributed by atoms with van der Waals surface area (Å²) in [5, 5.41) is 3.66. The van der Waals surface area contributed by atoms with E-state index < -0.39 is 0 Å². The highest BCUT2D eigenvalue weighted by Crippen LogP contribution is 2.24. The van der Waals surface area contributed by atoms with Gasteiger partial charge in [-0.3, -0.25) is 0 Å². The fraction of sp³-hybridized carbons (Fsp3) is 1.00. The molecule has 0 aromatic rings. The Bertz CT molecular complexity index is 207. The summed E-state index contributed by atoms with van der Waals surface area (Å²) in [6, 6.07) is 1.31. The van der Waals surface area contributed by atoms with Crippen molar-refractivity contribution >= 4 is 0 Å². The summed E-state index contributed by atoms with van der Waals surface area (Å²) in [6.07, 6.45) is 2.73. The van der Waals surface area contributed by atoms with Crippen LogP contribution in [0.2, 0.25) is 0 Å². The molecule has 0 aliphatic carbocycles. The molecule has 0 aromatic carbocycles. The van der Waals surface area contributed by atoms with Crippen molar-refractivity contribution in [2.45, 2.75) is 59.5 Å². The normalized spacial score (nSPS) is 29.4. The van der Waals surface area contributed by atoms with Crippen molar-refractivity contribution in [2.75, 3.05) is 20.1 Å². The summed E-state index contributed by atoms with van der Waals surface area (Å²) >= 11 is 0. The van der Waals surface area contributed by atoms with Gasteiger partial charge in [0.25, 0.3) is 0 Å². The molecule has 2 nitrogen and oxygen atoms in total. The van der Waals surface area contributed by atoms with Crippen molar-refractivity contribution in [1.29, 1.82) is 0 Å². The van der Waals surface area contributed by atoms with Crippen molar-refractivity contribution in [3.05, 3.63) is 0 Å². The van der Waals surface area contributed by atoms with Crippen molar-refractivity contribution < 1.29 is 0 Å².